The first kappa shape index (κ1) is 14.7. The van der Waals surface area contributed by atoms with E-state index in [-0.39, 0.29) is 11.5 Å². The lowest BCUT2D eigenvalue weighted by Gasteiger charge is -2.18. The molecular weight excluding hydrogens is 250 g/mol. The van der Waals surface area contributed by atoms with E-state index in [0.717, 1.165) is 0 Å². The van der Waals surface area contributed by atoms with E-state index in [1.54, 1.807) is 25.2 Å². The summed E-state index contributed by atoms with van der Waals surface area (Å²) < 4.78 is 0. The van der Waals surface area contributed by atoms with Crippen LogP contribution in [0.4, 0.5) is 5.69 Å². The topological polar surface area (TPSA) is 102 Å². The minimum atomic E-state index is -0.700. The van der Waals surface area contributed by atoms with E-state index < -0.39 is 18.4 Å². The monoisotopic (exact) mass is 265 g/mol. The average Bonchev–Trinajstić information content (AvgIpc) is 2.37. The molecule has 0 saturated heterocycles. The van der Waals surface area contributed by atoms with Crippen molar-refractivity contribution in [2.75, 3.05) is 18.6 Å². The molecular formula is C12H15N3O4. The Morgan fingerprint density at radius 2 is 1.95 bits per heavy atom. The Balaban J connectivity index is 2.85. The van der Waals surface area contributed by atoms with E-state index >= 15 is 0 Å². The van der Waals surface area contributed by atoms with Crippen LogP contribution in [-0.2, 0) is 14.4 Å². The Bertz CT molecular complexity index is 502. The lowest BCUT2D eigenvalue weighted by atomic mass is 10.1. The van der Waals surface area contributed by atoms with Crippen molar-refractivity contribution in [1.82, 2.24) is 5.48 Å². The second-order valence-electron chi connectivity index (χ2n) is 3.78. The highest BCUT2D eigenvalue weighted by Gasteiger charge is 2.16. The number of benzene rings is 1. The number of nitrogens with zero attached hydrogens (tertiary/aromatic N) is 1. The number of anilines is 1. The Morgan fingerprint density at radius 3 is 2.53 bits per heavy atom. The smallest absolute Gasteiger partial charge is 0.276 e. The molecule has 102 valence electrons. The zero-order valence-electron chi connectivity index (χ0n) is 10.7. The molecule has 0 unspecified atom stereocenters. The molecule has 7 heteroatoms. The summed E-state index contributed by atoms with van der Waals surface area (Å²) in [6, 6.07) is 6.53. The molecule has 7 nitrogen and oxygen atoms in total. The van der Waals surface area contributed by atoms with E-state index in [4.69, 9.17) is 5.73 Å². The summed E-state index contributed by atoms with van der Waals surface area (Å²) in [5.74, 6) is -1.47. The van der Waals surface area contributed by atoms with Crippen LogP contribution in [0.1, 0.15) is 17.3 Å². The van der Waals surface area contributed by atoms with Gasteiger partial charge in [0.05, 0.1) is 11.3 Å². The number of nitrogens with two attached hydrogens (primary N) is 1. The summed E-state index contributed by atoms with van der Waals surface area (Å²) in [5.41, 5.74) is 7.65. The Kier molecular flexibility index (Phi) is 5.01. The number of nitrogens with one attached hydrogen (secondary N) is 1. The highest BCUT2D eigenvalue weighted by atomic mass is 16.7. The molecule has 0 aliphatic rings. The number of carbonyl (C=O) groups is 3. The third kappa shape index (κ3) is 4.07. The highest BCUT2D eigenvalue weighted by Crippen LogP contribution is 2.19. The van der Waals surface area contributed by atoms with Gasteiger partial charge in [-0.2, -0.15) is 0 Å². The maximum absolute atomic E-state index is 11.8. The fourth-order valence-electron chi connectivity index (χ4n) is 1.36. The molecule has 0 bridgehead atoms. The van der Waals surface area contributed by atoms with Gasteiger partial charge < -0.3 is 10.6 Å². The molecule has 0 fully saturated rings. The van der Waals surface area contributed by atoms with Gasteiger partial charge in [0.2, 0.25) is 11.8 Å². The normalized spacial score (nSPS) is 9.79. The maximum Gasteiger partial charge on any atom is 0.276 e. The van der Waals surface area contributed by atoms with Crippen molar-refractivity contribution >= 4 is 23.4 Å². The van der Waals surface area contributed by atoms with Gasteiger partial charge in [-0.05, 0) is 12.1 Å². The van der Waals surface area contributed by atoms with Crippen LogP contribution in [0.25, 0.3) is 0 Å². The second-order valence-corrected chi connectivity index (χ2v) is 3.78. The first-order valence-electron chi connectivity index (χ1n) is 5.47. The number of hydrogen-bond acceptors (Lipinski definition) is 4. The summed E-state index contributed by atoms with van der Waals surface area (Å²) in [6.07, 6.45) is 0. The Hall–Kier alpha value is -2.41. The van der Waals surface area contributed by atoms with E-state index in [9.17, 15) is 14.4 Å². The van der Waals surface area contributed by atoms with Crippen LogP contribution in [0, 0.1) is 0 Å². The van der Waals surface area contributed by atoms with Crippen molar-refractivity contribution in [2.45, 2.75) is 6.92 Å². The van der Waals surface area contributed by atoms with Crippen LogP contribution in [0.5, 0.6) is 0 Å². The van der Waals surface area contributed by atoms with Crippen molar-refractivity contribution in [2.24, 2.45) is 5.73 Å². The standard InChI is InChI=1S/C12H15N3O4/c1-8(16)15(2)10-6-4-3-5-9(10)12(18)14-19-7-11(13)17/h3-6H,7H2,1-2H3,(H2,13,17)(H,14,18). The molecule has 1 aromatic rings. The lowest BCUT2D eigenvalue weighted by molar-refractivity contribution is -0.124. The quantitative estimate of drug-likeness (QED) is 0.721. The zero-order valence-corrected chi connectivity index (χ0v) is 10.7. The first-order valence-corrected chi connectivity index (χ1v) is 5.47. The molecule has 0 aromatic heterocycles. The largest absolute Gasteiger partial charge is 0.368 e. The van der Waals surface area contributed by atoms with E-state index in [1.807, 2.05) is 0 Å². The third-order valence-electron chi connectivity index (χ3n) is 2.36. The van der Waals surface area contributed by atoms with Gasteiger partial charge in [-0.1, -0.05) is 12.1 Å². The van der Waals surface area contributed by atoms with Gasteiger partial charge in [-0.25, -0.2) is 5.48 Å². The molecule has 19 heavy (non-hydrogen) atoms. The molecule has 0 aliphatic heterocycles. The third-order valence-corrected chi connectivity index (χ3v) is 2.36. The summed E-state index contributed by atoms with van der Waals surface area (Å²) >= 11 is 0. The van der Waals surface area contributed by atoms with Gasteiger partial charge in [-0.15, -0.1) is 0 Å². The number of primary amides is 1. The molecule has 0 spiro atoms. The molecule has 0 atom stereocenters. The molecule has 3 N–H and O–H groups in total. The van der Waals surface area contributed by atoms with Gasteiger partial charge >= 0.3 is 0 Å². The average molecular weight is 265 g/mol. The van der Waals surface area contributed by atoms with Crippen molar-refractivity contribution in [3.05, 3.63) is 29.8 Å². The Morgan fingerprint density at radius 1 is 1.32 bits per heavy atom. The summed E-state index contributed by atoms with van der Waals surface area (Å²) in [5, 5.41) is 0. The molecule has 1 rings (SSSR count). The van der Waals surface area contributed by atoms with Crippen molar-refractivity contribution in [1.29, 1.82) is 0 Å². The summed E-state index contributed by atoms with van der Waals surface area (Å²) in [6.45, 7) is 0.967. The van der Waals surface area contributed by atoms with Crippen LogP contribution in [0.3, 0.4) is 0 Å². The minimum Gasteiger partial charge on any atom is -0.368 e. The van der Waals surface area contributed by atoms with Gasteiger partial charge in [0.15, 0.2) is 6.61 Å². The van der Waals surface area contributed by atoms with Crippen LogP contribution in [0.15, 0.2) is 24.3 Å². The number of rotatable bonds is 5. The van der Waals surface area contributed by atoms with Crippen molar-refractivity contribution in [3.63, 3.8) is 0 Å². The fourth-order valence-corrected chi connectivity index (χ4v) is 1.36. The number of amides is 3. The first-order chi connectivity index (χ1) is 8.93. The second kappa shape index (κ2) is 6.50. The van der Waals surface area contributed by atoms with E-state index in [0.29, 0.717) is 5.69 Å². The van der Waals surface area contributed by atoms with Gasteiger partial charge in [0.1, 0.15) is 0 Å². The van der Waals surface area contributed by atoms with Gasteiger partial charge in [-0.3, -0.25) is 19.2 Å². The number of para-hydroxylation sites is 1. The molecule has 0 saturated carbocycles. The van der Waals surface area contributed by atoms with Crippen LogP contribution in [-0.4, -0.2) is 31.4 Å². The molecule has 0 heterocycles. The number of hydroxylamine groups is 1. The molecule has 0 aliphatic carbocycles. The van der Waals surface area contributed by atoms with Gasteiger partial charge in [0, 0.05) is 14.0 Å². The minimum absolute atomic E-state index is 0.210. The molecule has 3 amide bonds. The summed E-state index contributed by atoms with van der Waals surface area (Å²) in [7, 11) is 1.55. The Labute approximate surface area is 110 Å². The maximum atomic E-state index is 11.8. The lowest BCUT2D eigenvalue weighted by Crippen LogP contribution is -2.31. The predicted octanol–water partition coefficient (Wildman–Crippen LogP) is -0.184. The number of carbonyl (C=O) groups excluding carboxylic acids is 3. The highest BCUT2D eigenvalue weighted by molar-refractivity contribution is 6.03. The SMILES string of the molecule is CC(=O)N(C)c1ccccc1C(=O)NOCC(N)=O. The molecule has 1 aromatic carbocycles. The van der Waals surface area contributed by atoms with Crippen LogP contribution in [0.2, 0.25) is 0 Å². The van der Waals surface area contributed by atoms with E-state index in [2.05, 4.69) is 10.3 Å². The summed E-state index contributed by atoms with van der Waals surface area (Å²) in [4.78, 5) is 39.6. The van der Waals surface area contributed by atoms with Crippen molar-refractivity contribution in [3.8, 4) is 0 Å². The zero-order chi connectivity index (χ0) is 14.4. The van der Waals surface area contributed by atoms with Crippen LogP contribution < -0.4 is 16.1 Å². The van der Waals surface area contributed by atoms with Crippen LogP contribution >= 0.6 is 0 Å². The van der Waals surface area contributed by atoms with E-state index in [1.165, 1.54) is 17.9 Å². The van der Waals surface area contributed by atoms with Crippen molar-refractivity contribution < 1.29 is 19.2 Å². The predicted molar refractivity (Wildman–Crippen MR) is 68.1 cm³/mol. The number of hydrogen-bond donors (Lipinski definition) is 2. The van der Waals surface area contributed by atoms with Gasteiger partial charge in [0.25, 0.3) is 5.91 Å². The fraction of sp³-hybridized carbons (Fsp3) is 0.250. The molecule has 0 radical (unpaired) electrons.